The zero-order valence-corrected chi connectivity index (χ0v) is 14.6. The molecule has 0 spiro atoms. The van der Waals surface area contributed by atoms with E-state index in [1.807, 2.05) is 0 Å². The minimum Gasteiger partial charge on any atom is -0.480 e. The minimum absolute atomic E-state index is 0.0593. The molecule has 2 rings (SSSR count). The summed E-state index contributed by atoms with van der Waals surface area (Å²) in [5.41, 5.74) is -1.54. The smallest absolute Gasteiger partial charge is 0.358 e. The molecule has 1 aromatic heterocycles. The zero-order valence-electron chi connectivity index (χ0n) is 13.8. The van der Waals surface area contributed by atoms with Crippen molar-refractivity contribution < 1.29 is 29.3 Å². The standard InChI is InChI=1S/C16H17N3O6S/c1-10(20)18-15-19-12(9-26-15)16(14(23)24,17-7-13(21)22)25-8-11-5-3-2-4-6-11/h2-6,9,17H,7-8H2,1H3,(H,21,22)(H,23,24)(H,18,19,20). The number of aliphatic carboxylic acids is 2. The lowest BCUT2D eigenvalue weighted by molar-refractivity contribution is -0.177. The number of hydrogen-bond donors (Lipinski definition) is 4. The minimum atomic E-state index is -2.18. The van der Waals surface area contributed by atoms with Crippen LogP contribution in [-0.4, -0.2) is 39.6 Å². The molecule has 0 radical (unpaired) electrons. The van der Waals surface area contributed by atoms with Gasteiger partial charge in [0.25, 0.3) is 5.72 Å². The number of carbonyl (C=O) groups excluding carboxylic acids is 1. The van der Waals surface area contributed by atoms with Crippen molar-refractivity contribution in [1.29, 1.82) is 0 Å². The molecule has 0 aliphatic rings. The van der Waals surface area contributed by atoms with Gasteiger partial charge in [0, 0.05) is 12.3 Å². The average molecular weight is 379 g/mol. The van der Waals surface area contributed by atoms with Gasteiger partial charge in [-0.1, -0.05) is 30.3 Å². The van der Waals surface area contributed by atoms with E-state index in [4.69, 9.17) is 9.84 Å². The highest BCUT2D eigenvalue weighted by Gasteiger charge is 2.44. The van der Waals surface area contributed by atoms with Crippen LogP contribution in [0.3, 0.4) is 0 Å². The van der Waals surface area contributed by atoms with Gasteiger partial charge in [0.2, 0.25) is 5.91 Å². The van der Waals surface area contributed by atoms with Gasteiger partial charge in [0.15, 0.2) is 5.13 Å². The number of carboxylic acid groups (broad SMARTS) is 2. The van der Waals surface area contributed by atoms with Gasteiger partial charge in [-0.05, 0) is 5.56 Å². The van der Waals surface area contributed by atoms with E-state index < -0.39 is 24.2 Å². The number of carbonyl (C=O) groups is 3. The molecule has 0 aliphatic carbocycles. The summed E-state index contributed by atoms with van der Waals surface area (Å²) in [5.74, 6) is -3.07. The molecule has 0 saturated heterocycles. The lowest BCUT2D eigenvalue weighted by atomic mass is 10.1. The third kappa shape index (κ3) is 4.85. The number of nitrogens with zero attached hydrogens (tertiary/aromatic N) is 1. The summed E-state index contributed by atoms with van der Waals surface area (Å²) in [5, 5.41) is 25.1. The van der Waals surface area contributed by atoms with E-state index in [1.165, 1.54) is 12.3 Å². The molecule has 1 heterocycles. The molecule has 1 aromatic carbocycles. The summed E-state index contributed by atoms with van der Waals surface area (Å²) < 4.78 is 5.59. The van der Waals surface area contributed by atoms with Crippen molar-refractivity contribution in [3.8, 4) is 0 Å². The van der Waals surface area contributed by atoms with Crippen LogP contribution in [0.15, 0.2) is 35.7 Å². The van der Waals surface area contributed by atoms with Crippen LogP contribution < -0.4 is 10.6 Å². The lowest BCUT2D eigenvalue weighted by Gasteiger charge is -2.28. The van der Waals surface area contributed by atoms with E-state index in [-0.39, 0.29) is 23.3 Å². The molecule has 2 aromatic rings. The number of hydrogen-bond acceptors (Lipinski definition) is 7. The van der Waals surface area contributed by atoms with Crippen LogP contribution in [0, 0.1) is 0 Å². The molecule has 4 N–H and O–H groups in total. The fourth-order valence-corrected chi connectivity index (χ4v) is 2.87. The Bertz CT molecular complexity index is 794. The number of amides is 1. The van der Waals surface area contributed by atoms with Crippen LogP contribution >= 0.6 is 11.3 Å². The molecular formula is C16H17N3O6S. The van der Waals surface area contributed by atoms with E-state index >= 15 is 0 Å². The topological polar surface area (TPSA) is 138 Å². The van der Waals surface area contributed by atoms with Crippen molar-refractivity contribution in [2.24, 2.45) is 0 Å². The first-order valence-electron chi connectivity index (χ1n) is 7.45. The van der Waals surface area contributed by atoms with Gasteiger partial charge in [0.1, 0.15) is 5.69 Å². The second-order valence-electron chi connectivity index (χ2n) is 5.23. The molecule has 1 atom stereocenters. The average Bonchev–Trinajstić information content (AvgIpc) is 3.03. The van der Waals surface area contributed by atoms with Gasteiger partial charge in [0.05, 0.1) is 13.2 Å². The fourth-order valence-electron chi connectivity index (χ4n) is 2.07. The van der Waals surface area contributed by atoms with Crippen LogP contribution in [0.5, 0.6) is 0 Å². The van der Waals surface area contributed by atoms with Crippen LogP contribution in [-0.2, 0) is 31.5 Å². The molecule has 1 amide bonds. The van der Waals surface area contributed by atoms with Gasteiger partial charge >= 0.3 is 11.9 Å². The Hall–Kier alpha value is -2.82. The number of carboxylic acids is 2. The lowest BCUT2D eigenvalue weighted by Crippen LogP contribution is -2.53. The van der Waals surface area contributed by atoms with Crippen molar-refractivity contribution in [1.82, 2.24) is 10.3 Å². The maximum atomic E-state index is 12.0. The highest BCUT2D eigenvalue weighted by Crippen LogP contribution is 2.28. The van der Waals surface area contributed by atoms with Crippen LogP contribution in [0.1, 0.15) is 18.2 Å². The molecule has 138 valence electrons. The molecule has 0 bridgehead atoms. The summed E-state index contributed by atoms with van der Waals surface area (Å²) in [6, 6.07) is 8.82. The Morgan fingerprint density at radius 2 is 1.92 bits per heavy atom. The normalized spacial score (nSPS) is 13.0. The van der Waals surface area contributed by atoms with Crippen molar-refractivity contribution in [2.45, 2.75) is 19.3 Å². The first kappa shape index (κ1) is 19.5. The number of aromatic nitrogens is 1. The quantitative estimate of drug-likeness (QED) is 0.477. The summed E-state index contributed by atoms with van der Waals surface area (Å²) in [4.78, 5) is 38.1. The predicted octanol–water partition coefficient (Wildman–Crippen LogP) is 1.23. The van der Waals surface area contributed by atoms with Crippen molar-refractivity contribution >= 4 is 34.3 Å². The number of ether oxygens (including phenoxy) is 1. The van der Waals surface area contributed by atoms with Gasteiger partial charge < -0.3 is 20.3 Å². The highest BCUT2D eigenvalue weighted by atomic mass is 32.1. The number of thiazole rings is 1. The van der Waals surface area contributed by atoms with Gasteiger partial charge in [-0.25, -0.2) is 9.78 Å². The van der Waals surface area contributed by atoms with E-state index in [0.29, 0.717) is 5.56 Å². The molecule has 9 nitrogen and oxygen atoms in total. The van der Waals surface area contributed by atoms with E-state index in [2.05, 4.69) is 15.6 Å². The summed E-state index contributed by atoms with van der Waals surface area (Å²) in [7, 11) is 0. The molecule has 0 saturated carbocycles. The summed E-state index contributed by atoms with van der Waals surface area (Å²) in [6.45, 7) is 0.543. The monoisotopic (exact) mass is 379 g/mol. The molecule has 10 heteroatoms. The predicted molar refractivity (Wildman–Crippen MR) is 92.6 cm³/mol. The Labute approximate surface area is 152 Å². The fraction of sp³-hybridized carbons (Fsp3) is 0.250. The van der Waals surface area contributed by atoms with E-state index in [9.17, 15) is 19.5 Å². The Balaban J connectivity index is 2.34. The van der Waals surface area contributed by atoms with Crippen molar-refractivity contribution in [3.63, 3.8) is 0 Å². The second-order valence-corrected chi connectivity index (χ2v) is 6.09. The van der Waals surface area contributed by atoms with Crippen molar-refractivity contribution in [3.05, 3.63) is 47.0 Å². The van der Waals surface area contributed by atoms with Crippen LogP contribution in [0.25, 0.3) is 0 Å². The van der Waals surface area contributed by atoms with E-state index in [0.717, 1.165) is 11.3 Å². The maximum absolute atomic E-state index is 12.0. The van der Waals surface area contributed by atoms with Gasteiger partial charge in [-0.2, -0.15) is 0 Å². The number of nitrogens with one attached hydrogen (secondary N) is 2. The summed E-state index contributed by atoms with van der Waals surface area (Å²) >= 11 is 1.00. The zero-order chi connectivity index (χ0) is 19.2. The Morgan fingerprint density at radius 1 is 1.23 bits per heavy atom. The van der Waals surface area contributed by atoms with Gasteiger partial charge in [-0.3, -0.25) is 14.9 Å². The second kappa shape index (κ2) is 8.52. The summed E-state index contributed by atoms with van der Waals surface area (Å²) in [6.07, 6.45) is 0. The first-order valence-corrected chi connectivity index (χ1v) is 8.33. The third-order valence-electron chi connectivity index (χ3n) is 3.24. The molecule has 0 fully saturated rings. The Kier molecular flexibility index (Phi) is 6.39. The Morgan fingerprint density at radius 3 is 2.50 bits per heavy atom. The molecule has 26 heavy (non-hydrogen) atoms. The number of rotatable bonds is 9. The van der Waals surface area contributed by atoms with Crippen molar-refractivity contribution in [2.75, 3.05) is 11.9 Å². The number of anilines is 1. The molecule has 0 aliphatic heterocycles. The molecular weight excluding hydrogens is 362 g/mol. The molecule has 1 unspecified atom stereocenters. The largest absolute Gasteiger partial charge is 0.480 e. The maximum Gasteiger partial charge on any atom is 0.358 e. The van der Waals surface area contributed by atoms with Gasteiger partial charge in [-0.15, -0.1) is 11.3 Å². The number of benzene rings is 1. The SMILES string of the molecule is CC(=O)Nc1nc(C(NCC(=O)O)(OCc2ccccc2)C(=O)O)cs1. The third-order valence-corrected chi connectivity index (χ3v) is 3.99. The van der Waals surface area contributed by atoms with Crippen LogP contribution in [0.4, 0.5) is 5.13 Å². The highest BCUT2D eigenvalue weighted by molar-refractivity contribution is 7.14. The van der Waals surface area contributed by atoms with Crippen LogP contribution in [0.2, 0.25) is 0 Å². The first-order chi connectivity index (χ1) is 12.3. The van der Waals surface area contributed by atoms with E-state index in [1.54, 1.807) is 30.3 Å².